The Hall–Kier alpha value is -4.26. The first-order chi connectivity index (χ1) is 14.5. The van der Waals surface area contributed by atoms with Crippen LogP contribution in [0.5, 0.6) is 0 Å². The van der Waals surface area contributed by atoms with E-state index in [1.54, 1.807) is 48.5 Å². The lowest BCUT2D eigenvalue weighted by molar-refractivity contribution is 0.0680. The number of benzene rings is 2. The Labute approximate surface area is 170 Å². The second-order valence-electron chi connectivity index (χ2n) is 6.69. The van der Waals surface area contributed by atoms with Gasteiger partial charge in [-0.25, -0.2) is 14.6 Å². The molecule has 2 aromatic heterocycles. The molecule has 0 amide bonds. The van der Waals surface area contributed by atoms with Crippen molar-refractivity contribution in [2.45, 2.75) is 6.42 Å². The van der Waals surface area contributed by atoms with E-state index < -0.39 is 17.4 Å². The zero-order valence-electron chi connectivity index (χ0n) is 15.6. The Balaban J connectivity index is 2.00. The van der Waals surface area contributed by atoms with Gasteiger partial charge < -0.3 is 10.2 Å². The smallest absolute Gasteiger partial charge is 0.353 e. The van der Waals surface area contributed by atoms with Gasteiger partial charge in [0, 0.05) is 23.9 Å². The van der Waals surface area contributed by atoms with Crippen molar-refractivity contribution in [3.8, 4) is 5.69 Å². The average Bonchev–Trinajstić information content (AvgIpc) is 2.76. The Morgan fingerprint density at radius 1 is 0.867 bits per heavy atom. The number of fused-ring (bicyclic) bond motifs is 1. The largest absolute Gasteiger partial charge is 0.478 e. The fourth-order valence-electron chi connectivity index (χ4n) is 3.45. The van der Waals surface area contributed by atoms with E-state index in [-0.39, 0.29) is 28.9 Å². The zero-order valence-corrected chi connectivity index (χ0v) is 15.6. The normalized spacial score (nSPS) is 10.8. The molecule has 30 heavy (non-hydrogen) atoms. The minimum atomic E-state index is -1.25. The molecule has 7 nitrogen and oxygen atoms in total. The zero-order chi connectivity index (χ0) is 21.3. The molecule has 0 bridgehead atoms. The highest BCUT2D eigenvalue weighted by Crippen LogP contribution is 2.22. The number of aromatic nitrogens is 2. The maximum atomic E-state index is 13.2. The highest BCUT2D eigenvalue weighted by Gasteiger charge is 2.23. The number of hydrogen-bond acceptors (Lipinski definition) is 4. The molecular weight excluding hydrogens is 384 g/mol. The van der Waals surface area contributed by atoms with Gasteiger partial charge in [-0.3, -0.25) is 9.36 Å². The van der Waals surface area contributed by atoms with Crippen LogP contribution in [0.4, 0.5) is 0 Å². The quantitative estimate of drug-likeness (QED) is 0.532. The monoisotopic (exact) mass is 400 g/mol. The Bertz CT molecular complexity index is 1330. The van der Waals surface area contributed by atoms with Gasteiger partial charge in [-0.05, 0) is 42.0 Å². The highest BCUT2D eigenvalue weighted by molar-refractivity contribution is 5.93. The molecule has 7 heteroatoms. The molecule has 148 valence electrons. The number of rotatable bonds is 5. The first kappa shape index (κ1) is 19.1. The maximum absolute atomic E-state index is 13.2. The van der Waals surface area contributed by atoms with Gasteiger partial charge >= 0.3 is 11.9 Å². The van der Waals surface area contributed by atoms with Gasteiger partial charge in [0.2, 0.25) is 0 Å². The number of hydrogen-bond donors (Lipinski definition) is 2. The van der Waals surface area contributed by atoms with E-state index in [4.69, 9.17) is 5.11 Å². The topological polar surface area (TPSA) is 109 Å². The number of nitrogens with zero attached hydrogens (tertiary/aromatic N) is 2. The minimum absolute atomic E-state index is 0.0397. The third-order valence-corrected chi connectivity index (χ3v) is 4.83. The lowest BCUT2D eigenvalue weighted by atomic mass is 9.99. The molecule has 0 spiro atoms. The number of para-hydroxylation sites is 1. The van der Waals surface area contributed by atoms with Crippen LogP contribution < -0.4 is 5.43 Å². The summed E-state index contributed by atoms with van der Waals surface area (Å²) in [7, 11) is 0. The van der Waals surface area contributed by atoms with E-state index in [0.29, 0.717) is 16.6 Å². The van der Waals surface area contributed by atoms with Crippen LogP contribution in [-0.4, -0.2) is 31.7 Å². The molecule has 0 aliphatic carbocycles. The second kappa shape index (κ2) is 7.63. The van der Waals surface area contributed by atoms with Gasteiger partial charge in [0.15, 0.2) is 5.43 Å². The van der Waals surface area contributed by atoms with Crippen molar-refractivity contribution in [2.24, 2.45) is 0 Å². The Morgan fingerprint density at radius 2 is 1.57 bits per heavy atom. The van der Waals surface area contributed by atoms with Crippen LogP contribution in [0.15, 0.2) is 77.7 Å². The summed E-state index contributed by atoms with van der Waals surface area (Å²) in [5.74, 6) is -2.31. The summed E-state index contributed by atoms with van der Waals surface area (Å²) in [6.45, 7) is 0. The summed E-state index contributed by atoms with van der Waals surface area (Å²) in [6, 6.07) is 18.1. The fraction of sp³-hybridized carbons (Fsp3) is 0.0435. The molecule has 2 aromatic carbocycles. The van der Waals surface area contributed by atoms with Crippen LogP contribution in [0.3, 0.4) is 0 Å². The van der Waals surface area contributed by atoms with Crippen molar-refractivity contribution in [3.05, 3.63) is 106 Å². The van der Waals surface area contributed by atoms with Crippen LogP contribution in [-0.2, 0) is 6.42 Å². The van der Waals surface area contributed by atoms with Gasteiger partial charge in [0.1, 0.15) is 11.3 Å². The number of carboxylic acid groups (broad SMARTS) is 2. The van der Waals surface area contributed by atoms with Crippen LogP contribution in [0.1, 0.15) is 32.0 Å². The third-order valence-electron chi connectivity index (χ3n) is 4.83. The predicted octanol–water partition coefficient (Wildman–Crippen LogP) is 3.37. The average molecular weight is 400 g/mol. The summed E-state index contributed by atoms with van der Waals surface area (Å²) >= 11 is 0. The molecule has 0 aliphatic rings. The van der Waals surface area contributed by atoms with Gasteiger partial charge in [0.05, 0.1) is 10.9 Å². The molecule has 4 rings (SSSR count). The van der Waals surface area contributed by atoms with E-state index in [2.05, 4.69) is 4.98 Å². The third kappa shape index (κ3) is 3.33. The summed E-state index contributed by atoms with van der Waals surface area (Å²) < 4.78 is 1.47. The maximum Gasteiger partial charge on any atom is 0.353 e. The summed E-state index contributed by atoms with van der Waals surface area (Å²) in [4.78, 5) is 40.8. The molecule has 2 heterocycles. The lowest BCUT2D eigenvalue weighted by Gasteiger charge is -2.17. The summed E-state index contributed by atoms with van der Waals surface area (Å²) in [6.07, 6.45) is 1.55. The summed E-state index contributed by atoms with van der Waals surface area (Å²) in [5.41, 5.74) is 1.10. The number of aromatic carboxylic acids is 2. The van der Waals surface area contributed by atoms with Gasteiger partial charge in [-0.1, -0.05) is 30.3 Å². The first-order valence-corrected chi connectivity index (χ1v) is 9.11. The van der Waals surface area contributed by atoms with Crippen molar-refractivity contribution >= 4 is 23.0 Å². The lowest BCUT2D eigenvalue weighted by Crippen LogP contribution is -2.24. The van der Waals surface area contributed by atoms with Gasteiger partial charge in [0.25, 0.3) is 0 Å². The molecule has 0 fully saturated rings. The SMILES string of the molecule is O=C(O)c1ccc(Cc2c(C(=O)O)n(-c3ccccc3)c3ncccc3c2=O)cc1. The van der Waals surface area contributed by atoms with E-state index in [0.717, 1.165) is 0 Å². The first-order valence-electron chi connectivity index (χ1n) is 9.11. The van der Waals surface area contributed by atoms with Crippen LogP contribution in [0, 0.1) is 0 Å². The van der Waals surface area contributed by atoms with Crippen molar-refractivity contribution in [1.82, 2.24) is 9.55 Å². The van der Waals surface area contributed by atoms with Crippen LogP contribution in [0.2, 0.25) is 0 Å². The van der Waals surface area contributed by atoms with Gasteiger partial charge in [-0.2, -0.15) is 0 Å². The Morgan fingerprint density at radius 3 is 2.20 bits per heavy atom. The molecule has 0 aliphatic heterocycles. The molecule has 2 N–H and O–H groups in total. The number of carbonyl (C=O) groups is 2. The molecule has 0 saturated heterocycles. The van der Waals surface area contributed by atoms with Crippen LogP contribution in [0.25, 0.3) is 16.7 Å². The highest BCUT2D eigenvalue weighted by atomic mass is 16.4. The second-order valence-corrected chi connectivity index (χ2v) is 6.69. The van der Waals surface area contributed by atoms with Gasteiger partial charge in [-0.15, -0.1) is 0 Å². The molecule has 0 saturated carbocycles. The number of carboxylic acids is 2. The van der Waals surface area contributed by atoms with Crippen molar-refractivity contribution < 1.29 is 19.8 Å². The molecule has 0 unspecified atom stereocenters. The molecule has 0 radical (unpaired) electrons. The van der Waals surface area contributed by atoms with Crippen LogP contribution >= 0.6 is 0 Å². The fourth-order valence-corrected chi connectivity index (χ4v) is 3.45. The predicted molar refractivity (Wildman–Crippen MR) is 111 cm³/mol. The summed E-state index contributed by atoms with van der Waals surface area (Å²) in [5, 5.41) is 19.4. The molecular formula is C23H16N2O5. The minimum Gasteiger partial charge on any atom is -0.478 e. The van der Waals surface area contributed by atoms with E-state index in [1.807, 2.05) is 6.07 Å². The standard InChI is InChI=1S/C23H16N2O5/c26-20-17-7-4-12-24-21(17)25(16-5-2-1-3-6-16)19(23(29)30)18(20)13-14-8-10-15(11-9-14)22(27)28/h1-12H,13H2,(H,27,28)(H,29,30). The van der Waals surface area contributed by atoms with Crippen molar-refractivity contribution in [3.63, 3.8) is 0 Å². The van der Waals surface area contributed by atoms with E-state index in [1.165, 1.54) is 22.9 Å². The van der Waals surface area contributed by atoms with E-state index >= 15 is 0 Å². The molecule has 0 atom stereocenters. The Kier molecular flexibility index (Phi) is 4.85. The molecule has 4 aromatic rings. The van der Waals surface area contributed by atoms with Crippen molar-refractivity contribution in [2.75, 3.05) is 0 Å². The van der Waals surface area contributed by atoms with Crippen molar-refractivity contribution in [1.29, 1.82) is 0 Å². The van der Waals surface area contributed by atoms with E-state index in [9.17, 15) is 19.5 Å². The number of pyridine rings is 2.